The van der Waals surface area contributed by atoms with Crippen LogP contribution < -0.4 is 0 Å². The van der Waals surface area contributed by atoms with E-state index in [0.29, 0.717) is 11.8 Å². The molecule has 0 bridgehead atoms. The molecule has 0 fully saturated rings. The van der Waals surface area contributed by atoms with Gasteiger partial charge in [-0.15, -0.1) is 0 Å². The summed E-state index contributed by atoms with van der Waals surface area (Å²) in [6, 6.07) is 42.4. The van der Waals surface area contributed by atoms with E-state index in [1.807, 2.05) is 12.3 Å². The largest absolute Gasteiger partial charge is 0.464 e. The first-order chi connectivity index (χ1) is 26.7. The van der Waals surface area contributed by atoms with Crippen LogP contribution in [0.4, 0.5) is 0 Å². The molecule has 1 aliphatic rings. The van der Waals surface area contributed by atoms with Crippen LogP contribution >= 0.6 is 0 Å². The highest BCUT2D eigenvalue weighted by molar-refractivity contribution is 6.12. The van der Waals surface area contributed by atoms with Gasteiger partial charge >= 0.3 is 0 Å². The molecule has 282 valence electrons. The van der Waals surface area contributed by atoms with Crippen molar-refractivity contribution in [3.8, 4) is 11.4 Å². The molecule has 5 aromatic carbocycles. The maximum Gasteiger partial charge on any atom is 0.217 e. The third-order valence-corrected chi connectivity index (χ3v) is 12.7. The van der Waals surface area contributed by atoms with E-state index in [0.717, 1.165) is 44.6 Å². The molecule has 0 saturated carbocycles. The fourth-order valence-corrected chi connectivity index (χ4v) is 8.88. The number of nitrogens with zero attached hydrogens (tertiary/aromatic N) is 4. The summed E-state index contributed by atoms with van der Waals surface area (Å²) < 4.78 is 11.9. The van der Waals surface area contributed by atoms with Gasteiger partial charge in [-0.1, -0.05) is 103 Å². The highest BCUT2D eigenvalue weighted by Crippen LogP contribution is 2.49. The average molecular weight is 737 g/mol. The number of aryl methyl sites for hydroxylation is 1. The van der Waals surface area contributed by atoms with Crippen molar-refractivity contribution in [2.24, 2.45) is 10.9 Å². The van der Waals surface area contributed by atoms with Gasteiger partial charge in [-0.2, -0.15) is 0 Å². The quantitative estimate of drug-likeness (QED) is 0.171. The van der Waals surface area contributed by atoms with Crippen molar-refractivity contribution in [3.05, 3.63) is 149 Å². The summed E-state index contributed by atoms with van der Waals surface area (Å²) in [4.78, 5) is 10.5. The number of hydrogen-bond acceptors (Lipinski definition) is 3. The van der Waals surface area contributed by atoms with Crippen molar-refractivity contribution in [2.75, 3.05) is 0 Å². The molecule has 9 rings (SSSR count). The molecule has 0 spiro atoms. The van der Waals surface area contributed by atoms with Crippen molar-refractivity contribution in [1.29, 1.82) is 0 Å². The monoisotopic (exact) mass is 736 g/mol. The number of aliphatic imine (C=N–C) groups is 1. The van der Waals surface area contributed by atoms with Crippen LogP contribution in [0.1, 0.15) is 96.0 Å². The van der Waals surface area contributed by atoms with Gasteiger partial charge in [-0.25, -0.2) is 9.98 Å². The lowest BCUT2D eigenvalue weighted by Gasteiger charge is -2.40. The maximum absolute atomic E-state index is 7.11. The molecule has 0 amide bonds. The van der Waals surface area contributed by atoms with Crippen LogP contribution in [0.5, 0.6) is 0 Å². The summed E-state index contributed by atoms with van der Waals surface area (Å²) in [6.45, 7) is 22.5. The number of ether oxygens (including phenoxy) is 1. The van der Waals surface area contributed by atoms with Gasteiger partial charge in [0, 0.05) is 44.7 Å². The smallest absolute Gasteiger partial charge is 0.217 e. The summed E-state index contributed by atoms with van der Waals surface area (Å²) in [5.41, 5.74) is 11.4. The summed E-state index contributed by atoms with van der Waals surface area (Å²) in [7, 11) is 0. The van der Waals surface area contributed by atoms with Crippen LogP contribution in [-0.4, -0.2) is 25.6 Å². The third kappa shape index (κ3) is 5.42. The summed E-state index contributed by atoms with van der Waals surface area (Å²) in [5.74, 6) is 1.23. The molecule has 8 aromatic rings. The van der Waals surface area contributed by atoms with Crippen LogP contribution in [0.2, 0.25) is 0 Å². The fourth-order valence-electron chi connectivity index (χ4n) is 8.88. The molecule has 0 unspecified atom stereocenters. The van der Waals surface area contributed by atoms with Crippen molar-refractivity contribution < 1.29 is 4.74 Å². The lowest BCUT2D eigenvalue weighted by Crippen LogP contribution is -2.47. The van der Waals surface area contributed by atoms with E-state index in [1.54, 1.807) is 0 Å². The van der Waals surface area contributed by atoms with Crippen LogP contribution in [0.15, 0.2) is 126 Å². The molecule has 0 radical (unpaired) electrons. The Morgan fingerprint density at radius 3 is 2.11 bits per heavy atom. The fraction of sp³-hybridized carbons (Fsp3) is 0.294. The van der Waals surface area contributed by atoms with E-state index in [9.17, 15) is 0 Å². The summed E-state index contributed by atoms with van der Waals surface area (Å²) in [6.07, 6.45) is 1.90. The topological polar surface area (TPSA) is 44.3 Å². The van der Waals surface area contributed by atoms with E-state index in [4.69, 9.17) is 14.7 Å². The molecule has 56 heavy (non-hydrogen) atoms. The maximum atomic E-state index is 7.11. The Bertz CT molecular complexity index is 2870. The molecule has 4 heterocycles. The van der Waals surface area contributed by atoms with Crippen molar-refractivity contribution in [2.45, 2.75) is 91.7 Å². The van der Waals surface area contributed by atoms with Crippen LogP contribution in [-0.2, 0) is 15.8 Å². The first-order valence-electron chi connectivity index (χ1n) is 20.1. The van der Waals surface area contributed by atoms with E-state index in [1.165, 1.54) is 38.4 Å². The van der Waals surface area contributed by atoms with Gasteiger partial charge in [0.1, 0.15) is 11.2 Å². The highest BCUT2D eigenvalue weighted by atomic mass is 16.5. The lowest BCUT2D eigenvalue weighted by molar-refractivity contribution is 0.00858. The Morgan fingerprint density at radius 1 is 0.643 bits per heavy atom. The predicted octanol–water partition coefficient (Wildman–Crippen LogP) is 13.1. The Balaban J connectivity index is 1.28. The minimum absolute atomic E-state index is 0.0366. The third-order valence-electron chi connectivity index (χ3n) is 12.7. The van der Waals surface area contributed by atoms with Crippen molar-refractivity contribution in [1.82, 2.24) is 14.1 Å². The van der Waals surface area contributed by atoms with E-state index in [-0.39, 0.29) is 11.3 Å². The van der Waals surface area contributed by atoms with Crippen molar-refractivity contribution >= 4 is 49.6 Å². The minimum Gasteiger partial charge on any atom is -0.464 e. The normalized spacial score (nSPS) is 18.9. The van der Waals surface area contributed by atoms with Gasteiger partial charge in [0.05, 0.1) is 16.6 Å². The van der Waals surface area contributed by atoms with E-state index < -0.39 is 11.1 Å². The number of pyridine rings is 1. The second-order valence-electron chi connectivity index (χ2n) is 17.9. The first kappa shape index (κ1) is 36.0. The number of rotatable bonds is 6. The molecule has 5 nitrogen and oxygen atoms in total. The average Bonchev–Trinajstić information content (AvgIpc) is 3.79. The van der Waals surface area contributed by atoms with Crippen molar-refractivity contribution in [3.63, 3.8) is 0 Å². The predicted molar refractivity (Wildman–Crippen MR) is 235 cm³/mol. The molecular formula is C51H52N4O. The minimum atomic E-state index is -0.630. The molecular weight excluding hydrogens is 685 g/mol. The molecule has 0 saturated heterocycles. The Kier molecular flexibility index (Phi) is 8.14. The van der Waals surface area contributed by atoms with E-state index in [2.05, 4.69) is 188 Å². The van der Waals surface area contributed by atoms with Gasteiger partial charge in [0.25, 0.3) is 0 Å². The van der Waals surface area contributed by atoms with Gasteiger partial charge in [0.2, 0.25) is 5.90 Å². The molecule has 1 aliphatic heterocycles. The number of benzene rings is 5. The first-order valence-corrected chi connectivity index (χ1v) is 20.1. The number of hydrogen-bond donors (Lipinski definition) is 0. The van der Waals surface area contributed by atoms with Gasteiger partial charge in [0.15, 0.2) is 5.60 Å². The SMILES string of the molecule is Cc1ccc2c(c1)c1ccc(-n3c4ccc(C(C)(C)C)cc4c4cccnc43)cc1n2-c1cc(C2=N[C@](C)(C(C)C)[C@@](C)(c3ccccc3)O2)cc(C(C)C)c1. The molecule has 2 atom stereocenters. The van der Waals surface area contributed by atoms with Crippen LogP contribution in [0, 0.1) is 12.8 Å². The second kappa shape index (κ2) is 12.7. The van der Waals surface area contributed by atoms with Crippen LogP contribution in [0.3, 0.4) is 0 Å². The molecule has 0 N–H and O–H groups in total. The number of aromatic nitrogens is 3. The lowest BCUT2D eigenvalue weighted by atomic mass is 9.72. The van der Waals surface area contributed by atoms with Crippen LogP contribution in [0.25, 0.3) is 55.1 Å². The highest BCUT2D eigenvalue weighted by Gasteiger charge is 2.55. The van der Waals surface area contributed by atoms with Gasteiger partial charge < -0.3 is 9.30 Å². The molecule has 5 heteroatoms. The Morgan fingerprint density at radius 2 is 1.38 bits per heavy atom. The standard InChI is InChI=1S/C51H52N4O/c1-31(2)34-26-35(48-53-50(9,32(3)4)51(10,56-48)36-15-12-11-13-16-36)28-39(27-34)54-44-22-18-33(5)25-42(44)40-21-20-38(30-46(40)54)55-45-23-19-37(49(6,7)8)29-43(45)41-17-14-24-52-47(41)55/h11-32H,1-10H3/t50-,51-/m1/s1. The zero-order valence-electron chi connectivity index (χ0n) is 34.4. The second-order valence-corrected chi connectivity index (χ2v) is 17.9. The molecule has 3 aromatic heterocycles. The number of fused-ring (bicyclic) bond motifs is 6. The summed E-state index contributed by atoms with van der Waals surface area (Å²) in [5, 5.41) is 4.83. The van der Waals surface area contributed by atoms with Gasteiger partial charge in [-0.3, -0.25) is 4.57 Å². The van der Waals surface area contributed by atoms with E-state index >= 15 is 0 Å². The zero-order valence-corrected chi connectivity index (χ0v) is 34.4. The van der Waals surface area contributed by atoms with Gasteiger partial charge in [-0.05, 0) is 121 Å². The molecule has 0 aliphatic carbocycles. The Labute approximate surface area is 330 Å². The summed E-state index contributed by atoms with van der Waals surface area (Å²) >= 11 is 0. The Hall–Kier alpha value is -5.68. The zero-order chi connectivity index (χ0) is 39.3.